The molecule has 0 radical (unpaired) electrons. The molecule has 0 aromatic heterocycles. The van der Waals surface area contributed by atoms with Gasteiger partial charge in [-0.2, -0.15) is 0 Å². The van der Waals surface area contributed by atoms with E-state index in [1.54, 1.807) is 0 Å². The van der Waals surface area contributed by atoms with Crippen molar-refractivity contribution in [2.45, 2.75) is 18.8 Å². The molecule has 106 valence electrons. The number of nitrogens with one attached hydrogen (secondary N) is 1. The van der Waals surface area contributed by atoms with Gasteiger partial charge in [-0.1, -0.05) is 65.8 Å². The molecule has 4 nitrogen and oxygen atoms in total. The molecule has 0 amide bonds. The second kappa shape index (κ2) is 5.22. The SMILES string of the molecule is c1ccc([C@H]2NCCC3=NO[C@@H](c4ccccc4)N32)cc1. The van der Waals surface area contributed by atoms with Gasteiger partial charge in [-0.25, -0.2) is 0 Å². The van der Waals surface area contributed by atoms with E-state index in [4.69, 9.17) is 4.84 Å². The molecule has 2 aromatic rings. The molecule has 1 saturated heterocycles. The Balaban J connectivity index is 1.70. The molecule has 0 saturated carbocycles. The van der Waals surface area contributed by atoms with E-state index in [2.05, 4.69) is 51.8 Å². The van der Waals surface area contributed by atoms with Gasteiger partial charge < -0.3 is 4.84 Å². The Bertz CT molecular complexity index is 642. The van der Waals surface area contributed by atoms with Crippen molar-refractivity contribution < 1.29 is 4.84 Å². The number of benzene rings is 2. The summed E-state index contributed by atoms with van der Waals surface area (Å²) in [6.45, 7) is 0.916. The Hall–Kier alpha value is -2.33. The average molecular weight is 279 g/mol. The highest BCUT2D eigenvalue weighted by molar-refractivity contribution is 5.84. The highest BCUT2D eigenvalue weighted by Gasteiger charge is 2.39. The molecule has 1 N–H and O–H groups in total. The minimum Gasteiger partial charge on any atom is -0.364 e. The first kappa shape index (κ1) is 12.4. The predicted octanol–water partition coefficient (Wildman–Crippen LogP) is 3.02. The van der Waals surface area contributed by atoms with Crippen molar-refractivity contribution in [3.63, 3.8) is 0 Å². The van der Waals surface area contributed by atoms with Crippen molar-refractivity contribution >= 4 is 5.84 Å². The molecule has 4 rings (SSSR count). The number of hydrogen-bond acceptors (Lipinski definition) is 4. The molecule has 2 aromatic carbocycles. The Morgan fingerprint density at radius 1 is 0.952 bits per heavy atom. The molecule has 0 bridgehead atoms. The summed E-state index contributed by atoms with van der Waals surface area (Å²) < 4.78 is 0. The van der Waals surface area contributed by atoms with Gasteiger partial charge in [-0.3, -0.25) is 10.2 Å². The fraction of sp³-hybridized carbons (Fsp3) is 0.235. The van der Waals surface area contributed by atoms with Crippen molar-refractivity contribution in [3.8, 4) is 0 Å². The lowest BCUT2D eigenvalue weighted by Gasteiger charge is -2.37. The maximum Gasteiger partial charge on any atom is 0.228 e. The molecular formula is C17H17N3O. The van der Waals surface area contributed by atoms with Crippen LogP contribution in [0.4, 0.5) is 0 Å². The number of hydrogen-bond donors (Lipinski definition) is 1. The van der Waals surface area contributed by atoms with Crippen LogP contribution in [0.5, 0.6) is 0 Å². The smallest absolute Gasteiger partial charge is 0.228 e. The van der Waals surface area contributed by atoms with Crippen molar-refractivity contribution in [1.29, 1.82) is 0 Å². The topological polar surface area (TPSA) is 36.9 Å². The summed E-state index contributed by atoms with van der Waals surface area (Å²) >= 11 is 0. The zero-order valence-electron chi connectivity index (χ0n) is 11.6. The fourth-order valence-electron chi connectivity index (χ4n) is 2.98. The molecule has 2 atom stereocenters. The Morgan fingerprint density at radius 3 is 2.33 bits per heavy atom. The van der Waals surface area contributed by atoms with Gasteiger partial charge in [0.15, 0.2) is 5.84 Å². The Morgan fingerprint density at radius 2 is 1.62 bits per heavy atom. The second-order valence-electron chi connectivity index (χ2n) is 5.30. The van der Waals surface area contributed by atoms with E-state index in [-0.39, 0.29) is 12.4 Å². The minimum atomic E-state index is -0.154. The Kier molecular flexibility index (Phi) is 3.09. The monoisotopic (exact) mass is 279 g/mol. The minimum absolute atomic E-state index is 0.103. The summed E-state index contributed by atoms with van der Waals surface area (Å²) in [5.74, 6) is 1.02. The van der Waals surface area contributed by atoms with E-state index in [0.717, 1.165) is 24.4 Å². The summed E-state index contributed by atoms with van der Waals surface area (Å²) in [6.07, 6.45) is 0.845. The average Bonchev–Trinajstić information content (AvgIpc) is 3.00. The summed E-state index contributed by atoms with van der Waals surface area (Å²) in [6, 6.07) is 20.7. The van der Waals surface area contributed by atoms with Gasteiger partial charge in [-0.15, -0.1) is 0 Å². The highest BCUT2D eigenvalue weighted by Crippen LogP contribution is 2.37. The van der Waals surface area contributed by atoms with Crippen molar-refractivity contribution in [2.24, 2.45) is 5.16 Å². The number of nitrogens with zero attached hydrogens (tertiary/aromatic N) is 2. The molecule has 2 heterocycles. The van der Waals surface area contributed by atoms with Gasteiger partial charge in [0.2, 0.25) is 6.23 Å². The van der Waals surface area contributed by atoms with Gasteiger partial charge in [0.1, 0.15) is 6.17 Å². The number of rotatable bonds is 2. The first-order valence-electron chi connectivity index (χ1n) is 7.28. The van der Waals surface area contributed by atoms with Crippen molar-refractivity contribution in [3.05, 3.63) is 71.8 Å². The number of fused-ring (bicyclic) bond motifs is 1. The third kappa shape index (κ3) is 2.17. The van der Waals surface area contributed by atoms with Crippen LogP contribution in [-0.2, 0) is 4.84 Å². The zero-order chi connectivity index (χ0) is 14.1. The summed E-state index contributed by atoms with van der Waals surface area (Å²) in [4.78, 5) is 7.96. The normalized spacial score (nSPS) is 24.2. The third-order valence-electron chi connectivity index (χ3n) is 3.97. The Labute approximate surface area is 124 Å². The molecule has 21 heavy (non-hydrogen) atoms. The van der Waals surface area contributed by atoms with E-state index < -0.39 is 0 Å². The first-order valence-corrected chi connectivity index (χ1v) is 7.28. The van der Waals surface area contributed by atoms with Gasteiger partial charge in [0, 0.05) is 18.5 Å². The van der Waals surface area contributed by atoms with E-state index in [1.165, 1.54) is 5.56 Å². The lowest BCUT2D eigenvalue weighted by molar-refractivity contribution is -0.0169. The summed E-state index contributed by atoms with van der Waals surface area (Å²) in [5, 5.41) is 7.87. The van der Waals surface area contributed by atoms with Crippen molar-refractivity contribution in [1.82, 2.24) is 10.2 Å². The maximum atomic E-state index is 5.71. The van der Waals surface area contributed by atoms with Crippen LogP contribution in [0.3, 0.4) is 0 Å². The van der Waals surface area contributed by atoms with E-state index in [0.29, 0.717) is 0 Å². The second-order valence-corrected chi connectivity index (χ2v) is 5.30. The number of amidine groups is 1. The molecule has 1 fully saturated rings. The van der Waals surface area contributed by atoms with Crippen LogP contribution in [0.2, 0.25) is 0 Å². The van der Waals surface area contributed by atoms with Crippen LogP contribution in [0, 0.1) is 0 Å². The van der Waals surface area contributed by atoms with Crippen LogP contribution in [0.1, 0.15) is 29.9 Å². The molecule has 0 spiro atoms. The molecule has 2 aliphatic rings. The maximum absolute atomic E-state index is 5.71. The van der Waals surface area contributed by atoms with Crippen LogP contribution < -0.4 is 5.32 Å². The quantitative estimate of drug-likeness (QED) is 0.918. The molecule has 2 aliphatic heterocycles. The first-order chi connectivity index (χ1) is 10.4. The van der Waals surface area contributed by atoms with E-state index in [1.807, 2.05) is 24.3 Å². The molecule has 0 aliphatic carbocycles. The number of oxime groups is 1. The molecule has 4 heteroatoms. The van der Waals surface area contributed by atoms with E-state index >= 15 is 0 Å². The lowest BCUT2D eigenvalue weighted by atomic mass is 10.1. The third-order valence-corrected chi connectivity index (χ3v) is 3.97. The van der Waals surface area contributed by atoms with Gasteiger partial charge in [0.05, 0.1) is 0 Å². The molecular weight excluding hydrogens is 262 g/mol. The van der Waals surface area contributed by atoms with Crippen LogP contribution in [0.25, 0.3) is 0 Å². The highest BCUT2D eigenvalue weighted by atomic mass is 16.7. The van der Waals surface area contributed by atoms with Crippen LogP contribution in [0.15, 0.2) is 65.8 Å². The zero-order valence-corrected chi connectivity index (χ0v) is 11.6. The van der Waals surface area contributed by atoms with Crippen LogP contribution in [-0.4, -0.2) is 17.3 Å². The fourth-order valence-corrected chi connectivity index (χ4v) is 2.98. The van der Waals surface area contributed by atoms with Gasteiger partial charge in [0.25, 0.3) is 0 Å². The van der Waals surface area contributed by atoms with Gasteiger partial charge >= 0.3 is 0 Å². The van der Waals surface area contributed by atoms with Crippen LogP contribution >= 0.6 is 0 Å². The molecule has 0 unspecified atom stereocenters. The van der Waals surface area contributed by atoms with E-state index in [9.17, 15) is 0 Å². The predicted molar refractivity (Wildman–Crippen MR) is 81.3 cm³/mol. The lowest BCUT2D eigenvalue weighted by Crippen LogP contribution is -2.47. The largest absolute Gasteiger partial charge is 0.364 e. The summed E-state index contributed by atoms with van der Waals surface area (Å²) in [7, 11) is 0. The van der Waals surface area contributed by atoms with Gasteiger partial charge in [-0.05, 0) is 5.56 Å². The van der Waals surface area contributed by atoms with Crippen molar-refractivity contribution in [2.75, 3.05) is 6.54 Å². The summed E-state index contributed by atoms with van der Waals surface area (Å²) in [5.41, 5.74) is 2.36. The standard InChI is InChI=1S/C17H17N3O/c1-3-7-13(8-4-1)16-18-12-11-15-19-21-17(20(15)16)14-9-5-2-6-10-14/h1-10,16-18H,11-12H2/t16-,17-/m0/s1.